The Hall–Kier alpha value is -1.76. The van der Waals surface area contributed by atoms with Crippen molar-refractivity contribution in [1.29, 1.82) is 0 Å². The molecule has 2 aromatic rings. The van der Waals surface area contributed by atoms with Gasteiger partial charge in [0.15, 0.2) is 0 Å². The number of thiophene rings is 1. The number of hydrazine groups is 1. The first kappa shape index (κ1) is 17.1. The molecule has 0 saturated carbocycles. The molecular weight excluding hydrogens is 327 g/mol. The molecule has 0 unspecified atom stereocenters. The first-order valence-electron chi connectivity index (χ1n) is 7.92. The number of benzene rings is 1. The normalized spacial score (nSPS) is 16.0. The lowest BCUT2D eigenvalue weighted by Crippen LogP contribution is -2.22. The predicted molar refractivity (Wildman–Crippen MR) is 93.5 cm³/mol. The highest BCUT2D eigenvalue weighted by atomic mass is 32.1. The minimum atomic E-state index is -0.979. The zero-order valence-electron chi connectivity index (χ0n) is 13.8. The second kappa shape index (κ2) is 6.27. The van der Waals surface area contributed by atoms with Gasteiger partial charge >= 0.3 is 5.97 Å². The van der Waals surface area contributed by atoms with Crippen molar-refractivity contribution in [2.24, 2.45) is 11.3 Å². The van der Waals surface area contributed by atoms with E-state index in [9.17, 15) is 14.3 Å². The van der Waals surface area contributed by atoms with Gasteiger partial charge < -0.3 is 5.11 Å². The summed E-state index contributed by atoms with van der Waals surface area (Å²) < 4.78 is 14.6. The highest BCUT2D eigenvalue weighted by molar-refractivity contribution is 7.16. The monoisotopic (exact) mass is 348 g/mol. The molecule has 1 aromatic heterocycles. The number of halogens is 1. The van der Waals surface area contributed by atoms with Crippen molar-refractivity contribution in [2.45, 2.75) is 39.7 Å². The molecule has 0 radical (unpaired) electrons. The number of fused-ring (bicyclic) bond motifs is 1. The van der Waals surface area contributed by atoms with E-state index in [4.69, 9.17) is 5.84 Å². The number of carboxylic acid groups (broad SMARTS) is 1. The Balaban J connectivity index is 2.12. The molecular formula is C18H21FN2O2S. The topological polar surface area (TPSA) is 75.3 Å². The molecule has 0 bridgehead atoms. The maximum Gasteiger partial charge on any atom is 0.337 e. The maximum absolute atomic E-state index is 14.6. The summed E-state index contributed by atoms with van der Waals surface area (Å²) >= 11 is 1.42. The van der Waals surface area contributed by atoms with Crippen molar-refractivity contribution in [3.05, 3.63) is 45.6 Å². The lowest BCUT2D eigenvalue weighted by Gasteiger charge is -2.29. The van der Waals surface area contributed by atoms with Crippen molar-refractivity contribution in [1.82, 2.24) is 5.43 Å². The second-order valence-corrected chi connectivity index (χ2v) is 8.15. The zero-order valence-corrected chi connectivity index (χ0v) is 14.6. The molecule has 0 spiro atoms. The first-order valence-corrected chi connectivity index (χ1v) is 8.74. The van der Waals surface area contributed by atoms with E-state index >= 15 is 0 Å². The molecule has 0 aliphatic heterocycles. The molecule has 0 amide bonds. The fraction of sp³-hybridized carbons (Fsp3) is 0.389. The Morgan fingerprint density at radius 3 is 2.83 bits per heavy atom. The minimum Gasteiger partial charge on any atom is -0.478 e. The standard InChI is InChI=1S/C18H21FN2O2S/c1-18(2)6-5-14-12(8-18)15(17(22)23)16(24-14)11-4-3-10(9-21-20)7-13(11)19/h3-4,7,21H,5-6,8-9,20H2,1-2H3,(H,22,23). The molecule has 3 rings (SSSR count). The van der Waals surface area contributed by atoms with Crippen LogP contribution in [0.1, 0.15) is 46.6 Å². The van der Waals surface area contributed by atoms with E-state index in [1.807, 2.05) is 0 Å². The number of rotatable bonds is 4. The van der Waals surface area contributed by atoms with E-state index < -0.39 is 11.8 Å². The van der Waals surface area contributed by atoms with Crippen LogP contribution in [0.15, 0.2) is 18.2 Å². The minimum absolute atomic E-state index is 0.0741. The average Bonchev–Trinajstić information content (AvgIpc) is 2.84. The summed E-state index contributed by atoms with van der Waals surface area (Å²) in [6, 6.07) is 4.83. The predicted octanol–water partition coefficient (Wildman–Crippen LogP) is 3.73. The maximum atomic E-state index is 14.6. The van der Waals surface area contributed by atoms with E-state index in [2.05, 4.69) is 19.3 Å². The Bertz CT molecular complexity index is 799. The van der Waals surface area contributed by atoms with Crippen LogP contribution in [0.2, 0.25) is 0 Å². The van der Waals surface area contributed by atoms with Crippen LogP contribution in [0, 0.1) is 11.2 Å². The molecule has 24 heavy (non-hydrogen) atoms. The first-order chi connectivity index (χ1) is 11.3. The molecule has 1 aliphatic rings. The van der Waals surface area contributed by atoms with Crippen molar-refractivity contribution < 1.29 is 14.3 Å². The third-order valence-electron chi connectivity index (χ3n) is 4.57. The Labute approximate surface area is 144 Å². The van der Waals surface area contributed by atoms with Gasteiger partial charge in [0.05, 0.1) is 10.4 Å². The molecule has 0 atom stereocenters. The molecule has 4 nitrogen and oxygen atoms in total. The number of hydrogen-bond acceptors (Lipinski definition) is 4. The van der Waals surface area contributed by atoms with Crippen LogP contribution in [0.3, 0.4) is 0 Å². The van der Waals surface area contributed by atoms with Gasteiger partial charge in [0.2, 0.25) is 0 Å². The summed E-state index contributed by atoms with van der Waals surface area (Å²) in [5.41, 5.74) is 4.79. The summed E-state index contributed by atoms with van der Waals surface area (Å²) in [6.45, 7) is 4.65. The number of nitrogens with one attached hydrogen (secondary N) is 1. The molecule has 0 saturated heterocycles. The smallest absolute Gasteiger partial charge is 0.337 e. The number of hydrogen-bond donors (Lipinski definition) is 3. The van der Waals surface area contributed by atoms with E-state index in [0.29, 0.717) is 17.0 Å². The van der Waals surface area contributed by atoms with Gasteiger partial charge in [0.1, 0.15) is 5.82 Å². The highest BCUT2D eigenvalue weighted by Gasteiger charge is 2.33. The largest absolute Gasteiger partial charge is 0.478 e. The van der Waals surface area contributed by atoms with E-state index in [1.54, 1.807) is 12.1 Å². The van der Waals surface area contributed by atoms with Crippen LogP contribution < -0.4 is 11.3 Å². The molecule has 128 valence electrons. The van der Waals surface area contributed by atoms with E-state index in [-0.39, 0.29) is 11.0 Å². The summed E-state index contributed by atoms with van der Waals surface area (Å²) in [5, 5.41) is 9.73. The van der Waals surface area contributed by atoms with Gasteiger partial charge in [0, 0.05) is 17.0 Å². The van der Waals surface area contributed by atoms with Gasteiger partial charge in [-0.1, -0.05) is 26.0 Å². The van der Waals surface area contributed by atoms with Gasteiger partial charge in [-0.25, -0.2) is 9.18 Å². The van der Waals surface area contributed by atoms with Gasteiger partial charge in [-0.3, -0.25) is 11.3 Å². The third-order valence-corrected chi connectivity index (χ3v) is 5.90. The fourth-order valence-electron chi connectivity index (χ4n) is 3.31. The molecule has 4 N–H and O–H groups in total. The number of aromatic carboxylic acids is 1. The van der Waals surface area contributed by atoms with E-state index in [1.165, 1.54) is 17.4 Å². The van der Waals surface area contributed by atoms with Gasteiger partial charge in [-0.2, -0.15) is 0 Å². The van der Waals surface area contributed by atoms with Crippen molar-refractivity contribution in [3.8, 4) is 10.4 Å². The van der Waals surface area contributed by atoms with Gasteiger partial charge in [0.25, 0.3) is 0 Å². The Morgan fingerprint density at radius 2 is 2.21 bits per heavy atom. The lowest BCUT2D eigenvalue weighted by atomic mass is 9.76. The lowest BCUT2D eigenvalue weighted by molar-refractivity contribution is 0.0696. The second-order valence-electron chi connectivity index (χ2n) is 7.05. The molecule has 1 heterocycles. The zero-order chi connectivity index (χ0) is 17.5. The SMILES string of the molecule is CC1(C)CCc2sc(-c3ccc(CNN)cc3F)c(C(=O)O)c2C1. The third kappa shape index (κ3) is 3.09. The summed E-state index contributed by atoms with van der Waals surface area (Å²) in [6.07, 6.45) is 2.59. The molecule has 1 aromatic carbocycles. The van der Waals surface area contributed by atoms with Crippen molar-refractivity contribution >= 4 is 17.3 Å². The number of aryl methyl sites for hydroxylation is 1. The number of nitrogens with two attached hydrogens (primary N) is 1. The summed E-state index contributed by atoms with van der Waals surface area (Å²) in [5.74, 6) is 3.87. The molecule has 6 heteroatoms. The average molecular weight is 348 g/mol. The Kier molecular flexibility index (Phi) is 4.46. The fourth-order valence-corrected chi connectivity index (χ4v) is 4.64. The summed E-state index contributed by atoms with van der Waals surface area (Å²) in [7, 11) is 0. The van der Waals surface area contributed by atoms with Gasteiger partial charge in [-0.05, 0) is 41.9 Å². The van der Waals surface area contributed by atoms with Crippen LogP contribution in [-0.2, 0) is 19.4 Å². The van der Waals surface area contributed by atoms with Crippen LogP contribution >= 0.6 is 11.3 Å². The van der Waals surface area contributed by atoms with Crippen molar-refractivity contribution in [2.75, 3.05) is 0 Å². The van der Waals surface area contributed by atoms with Crippen LogP contribution in [-0.4, -0.2) is 11.1 Å². The number of carboxylic acids is 1. The van der Waals surface area contributed by atoms with Crippen LogP contribution in [0.5, 0.6) is 0 Å². The Morgan fingerprint density at radius 1 is 1.46 bits per heavy atom. The van der Waals surface area contributed by atoms with E-state index in [0.717, 1.165) is 35.3 Å². The molecule has 1 aliphatic carbocycles. The summed E-state index contributed by atoms with van der Waals surface area (Å²) in [4.78, 5) is 13.5. The quantitative estimate of drug-likeness (QED) is 0.581. The van der Waals surface area contributed by atoms with Gasteiger partial charge in [-0.15, -0.1) is 11.3 Å². The molecule has 0 fully saturated rings. The van der Waals surface area contributed by atoms with Crippen molar-refractivity contribution in [3.63, 3.8) is 0 Å². The highest BCUT2D eigenvalue weighted by Crippen LogP contribution is 2.45. The van der Waals surface area contributed by atoms with Crippen LogP contribution in [0.25, 0.3) is 10.4 Å². The van der Waals surface area contributed by atoms with Crippen LogP contribution in [0.4, 0.5) is 4.39 Å². The number of carbonyl (C=O) groups is 1.